The predicted octanol–water partition coefficient (Wildman–Crippen LogP) is 0.161. The average Bonchev–Trinajstić information content (AvgIpc) is 2.27. The monoisotopic (exact) mass is 264 g/mol. The molecule has 2 unspecified atom stereocenters. The number of likely N-dealkylation sites (N-methyl/N-ethyl adjacent to an activating group) is 1. The molecule has 0 aliphatic carbocycles. The molecule has 0 aromatic heterocycles. The Kier molecular flexibility index (Phi) is 5.85. The van der Waals surface area contributed by atoms with Crippen LogP contribution in [0.15, 0.2) is 0 Å². The number of piperidine rings is 1. The first-order valence-corrected chi connectivity index (χ1v) is 7.88. The van der Waals surface area contributed by atoms with Crippen molar-refractivity contribution in [2.24, 2.45) is 0 Å². The third-order valence-electron chi connectivity index (χ3n) is 3.13. The second kappa shape index (κ2) is 6.68. The number of sulfonamides is 1. The summed E-state index contributed by atoms with van der Waals surface area (Å²) in [5.41, 5.74) is 0. The normalized spacial score (nSPS) is 23.9. The number of aliphatic hydroxyl groups excluding tert-OH is 1. The van der Waals surface area contributed by atoms with Crippen LogP contribution in [0.4, 0.5) is 0 Å². The Hall–Kier alpha value is -0.170. The summed E-state index contributed by atoms with van der Waals surface area (Å²) in [6.07, 6.45) is 3.47. The van der Waals surface area contributed by atoms with Crippen LogP contribution in [0.5, 0.6) is 0 Å². The number of rotatable bonds is 6. The lowest BCUT2D eigenvalue weighted by atomic mass is 10.0. The minimum absolute atomic E-state index is 0.161. The molecule has 1 aliphatic rings. The van der Waals surface area contributed by atoms with Crippen molar-refractivity contribution in [3.8, 4) is 0 Å². The number of hydrogen-bond donors (Lipinski definition) is 2. The second-order valence-corrected chi connectivity index (χ2v) is 7.08. The van der Waals surface area contributed by atoms with Crippen LogP contribution in [-0.4, -0.2) is 55.9 Å². The molecule has 0 aromatic rings. The Labute approximate surface area is 104 Å². The lowest BCUT2D eigenvalue weighted by Gasteiger charge is -2.25. The molecule has 0 bridgehead atoms. The van der Waals surface area contributed by atoms with E-state index in [0.717, 1.165) is 13.0 Å². The third-order valence-corrected chi connectivity index (χ3v) is 4.98. The van der Waals surface area contributed by atoms with E-state index in [4.69, 9.17) is 0 Å². The average molecular weight is 264 g/mol. The maximum atomic E-state index is 11.9. The zero-order valence-electron chi connectivity index (χ0n) is 10.7. The van der Waals surface area contributed by atoms with Crippen molar-refractivity contribution in [3.05, 3.63) is 0 Å². The molecule has 0 spiro atoms. The molecule has 102 valence electrons. The van der Waals surface area contributed by atoms with E-state index in [1.54, 1.807) is 6.92 Å². The summed E-state index contributed by atoms with van der Waals surface area (Å²) in [5.74, 6) is 0.161. The van der Waals surface area contributed by atoms with Gasteiger partial charge in [-0.25, -0.2) is 12.7 Å². The van der Waals surface area contributed by atoms with Gasteiger partial charge in [-0.3, -0.25) is 0 Å². The van der Waals surface area contributed by atoms with Crippen molar-refractivity contribution in [1.29, 1.82) is 0 Å². The Morgan fingerprint density at radius 3 is 2.71 bits per heavy atom. The summed E-state index contributed by atoms with van der Waals surface area (Å²) < 4.78 is 25.0. The van der Waals surface area contributed by atoms with Crippen molar-refractivity contribution in [2.75, 3.05) is 25.9 Å². The first-order chi connectivity index (χ1) is 7.92. The number of aliphatic hydroxyl groups is 1. The molecular weight excluding hydrogens is 240 g/mol. The smallest absolute Gasteiger partial charge is 0.213 e. The highest BCUT2D eigenvalue weighted by atomic mass is 32.2. The Balaban J connectivity index is 2.37. The molecule has 1 heterocycles. The Morgan fingerprint density at radius 2 is 2.18 bits per heavy atom. The Morgan fingerprint density at radius 1 is 1.47 bits per heavy atom. The van der Waals surface area contributed by atoms with E-state index in [2.05, 4.69) is 5.32 Å². The SMILES string of the molecule is CC(O)CN(C)S(=O)(=O)CCC1CCCCN1. The highest BCUT2D eigenvalue weighted by Gasteiger charge is 2.21. The third kappa shape index (κ3) is 5.33. The Bertz CT molecular complexity index is 311. The van der Waals surface area contributed by atoms with Crippen LogP contribution in [0, 0.1) is 0 Å². The molecule has 2 atom stereocenters. The van der Waals surface area contributed by atoms with Gasteiger partial charge in [-0.2, -0.15) is 0 Å². The molecule has 2 N–H and O–H groups in total. The molecule has 0 amide bonds. The lowest BCUT2D eigenvalue weighted by Crippen LogP contribution is -2.39. The van der Waals surface area contributed by atoms with Crippen molar-refractivity contribution in [2.45, 2.75) is 44.8 Å². The molecule has 1 rings (SSSR count). The van der Waals surface area contributed by atoms with Gasteiger partial charge in [0.05, 0.1) is 11.9 Å². The molecule has 0 saturated carbocycles. The van der Waals surface area contributed by atoms with E-state index in [1.165, 1.54) is 24.2 Å². The standard InChI is InChI=1S/C11H24N2O3S/c1-10(14)9-13(2)17(15,16)8-6-11-5-3-4-7-12-11/h10-12,14H,3-9H2,1-2H3. The molecule has 0 radical (unpaired) electrons. The van der Waals surface area contributed by atoms with Crippen LogP contribution in [0.25, 0.3) is 0 Å². The zero-order chi connectivity index (χ0) is 12.9. The van der Waals surface area contributed by atoms with Crippen LogP contribution in [0.1, 0.15) is 32.6 Å². The van der Waals surface area contributed by atoms with Crippen LogP contribution < -0.4 is 5.32 Å². The number of nitrogens with one attached hydrogen (secondary N) is 1. The van der Waals surface area contributed by atoms with E-state index in [9.17, 15) is 13.5 Å². The highest BCUT2D eigenvalue weighted by Crippen LogP contribution is 2.12. The van der Waals surface area contributed by atoms with Gasteiger partial charge in [0.1, 0.15) is 0 Å². The molecule has 0 aromatic carbocycles. The molecule has 17 heavy (non-hydrogen) atoms. The highest BCUT2D eigenvalue weighted by molar-refractivity contribution is 7.89. The van der Waals surface area contributed by atoms with Gasteiger partial charge in [0.15, 0.2) is 0 Å². The maximum Gasteiger partial charge on any atom is 0.213 e. The van der Waals surface area contributed by atoms with Gasteiger partial charge in [-0.15, -0.1) is 0 Å². The van der Waals surface area contributed by atoms with Crippen molar-refractivity contribution < 1.29 is 13.5 Å². The second-order valence-electron chi connectivity index (χ2n) is 4.88. The van der Waals surface area contributed by atoms with Gasteiger partial charge in [0, 0.05) is 19.6 Å². The minimum Gasteiger partial charge on any atom is -0.392 e. The van der Waals surface area contributed by atoms with Gasteiger partial charge in [-0.05, 0) is 32.7 Å². The van der Waals surface area contributed by atoms with Crippen LogP contribution >= 0.6 is 0 Å². The minimum atomic E-state index is -3.22. The topological polar surface area (TPSA) is 69.6 Å². The summed E-state index contributed by atoms with van der Waals surface area (Å²) in [4.78, 5) is 0. The van der Waals surface area contributed by atoms with Gasteiger partial charge >= 0.3 is 0 Å². The van der Waals surface area contributed by atoms with Gasteiger partial charge in [0.25, 0.3) is 0 Å². The van der Waals surface area contributed by atoms with E-state index in [-0.39, 0.29) is 12.3 Å². The fourth-order valence-corrected chi connectivity index (χ4v) is 3.44. The molecule has 1 fully saturated rings. The number of nitrogens with zero attached hydrogens (tertiary/aromatic N) is 1. The number of hydrogen-bond acceptors (Lipinski definition) is 4. The fraction of sp³-hybridized carbons (Fsp3) is 1.00. The lowest BCUT2D eigenvalue weighted by molar-refractivity contribution is 0.171. The fourth-order valence-electron chi connectivity index (χ4n) is 2.10. The molecule has 1 saturated heterocycles. The molecule has 6 heteroatoms. The van der Waals surface area contributed by atoms with Gasteiger partial charge in [-0.1, -0.05) is 6.42 Å². The zero-order valence-corrected chi connectivity index (χ0v) is 11.5. The van der Waals surface area contributed by atoms with E-state index in [0.29, 0.717) is 12.5 Å². The van der Waals surface area contributed by atoms with Crippen LogP contribution in [0.3, 0.4) is 0 Å². The largest absolute Gasteiger partial charge is 0.392 e. The summed E-state index contributed by atoms with van der Waals surface area (Å²) in [6.45, 7) is 2.75. The predicted molar refractivity (Wildman–Crippen MR) is 68.4 cm³/mol. The van der Waals surface area contributed by atoms with Gasteiger partial charge < -0.3 is 10.4 Å². The van der Waals surface area contributed by atoms with E-state index in [1.807, 2.05) is 0 Å². The van der Waals surface area contributed by atoms with Crippen molar-refractivity contribution in [1.82, 2.24) is 9.62 Å². The van der Waals surface area contributed by atoms with Crippen molar-refractivity contribution >= 4 is 10.0 Å². The summed E-state index contributed by atoms with van der Waals surface area (Å²) in [6, 6.07) is 0.332. The summed E-state index contributed by atoms with van der Waals surface area (Å²) in [7, 11) is -1.70. The van der Waals surface area contributed by atoms with Crippen molar-refractivity contribution in [3.63, 3.8) is 0 Å². The van der Waals surface area contributed by atoms with Crippen LogP contribution in [-0.2, 0) is 10.0 Å². The van der Waals surface area contributed by atoms with Gasteiger partial charge in [0.2, 0.25) is 10.0 Å². The van der Waals surface area contributed by atoms with E-state index >= 15 is 0 Å². The first kappa shape index (κ1) is 14.9. The molecule has 1 aliphatic heterocycles. The quantitative estimate of drug-likeness (QED) is 0.717. The van der Waals surface area contributed by atoms with E-state index < -0.39 is 16.1 Å². The molecule has 5 nitrogen and oxygen atoms in total. The summed E-state index contributed by atoms with van der Waals surface area (Å²) >= 11 is 0. The maximum absolute atomic E-state index is 11.9. The van der Waals surface area contributed by atoms with Crippen LogP contribution in [0.2, 0.25) is 0 Å². The molecular formula is C11H24N2O3S. The summed E-state index contributed by atoms with van der Waals surface area (Å²) in [5, 5.41) is 12.5. The first-order valence-electron chi connectivity index (χ1n) is 6.27.